The zero-order chi connectivity index (χ0) is 18.3. The Morgan fingerprint density at radius 1 is 0.885 bits per heavy atom. The van der Waals surface area contributed by atoms with Crippen LogP contribution in [0.25, 0.3) is 32.8 Å². The van der Waals surface area contributed by atoms with Crippen molar-refractivity contribution in [2.45, 2.75) is 20.8 Å². The van der Waals surface area contributed by atoms with E-state index in [4.69, 9.17) is 5.10 Å². The molecular formula is C23H22N2S. The summed E-state index contributed by atoms with van der Waals surface area (Å²) in [5, 5.41) is 6.97. The van der Waals surface area contributed by atoms with Crippen LogP contribution in [0, 0.1) is 20.8 Å². The van der Waals surface area contributed by atoms with Gasteiger partial charge in [-0.2, -0.15) is 5.10 Å². The first-order chi connectivity index (χ1) is 12.5. The summed E-state index contributed by atoms with van der Waals surface area (Å²) >= 11 is 1.80. The van der Waals surface area contributed by atoms with Gasteiger partial charge in [-0.3, -0.25) is 4.68 Å². The molecule has 2 aromatic carbocycles. The Bertz CT molecular complexity index is 1050. The Kier molecular flexibility index (Phi) is 4.25. The lowest BCUT2D eigenvalue weighted by molar-refractivity contribution is 0.771. The number of hydrogen-bond donors (Lipinski definition) is 0. The summed E-state index contributed by atoms with van der Waals surface area (Å²) in [5.41, 5.74) is 9.94. The number of hydrogen-bond acceptors (Lipinski definition) is 2. The standard InChI is InChI=1S/C23H22N2S/c1-15-10-16(2)22(17(3)11-15)21-12-19(14-26-21)23-20(13-25(4)24-23)18-8-6-5-7-9-18/h5-14H,1-4H3. The molecule has 4 aromatic rings. The Labute approximate surface area is 158 Å². The van der Waals surface area contributed by atoms with E-state index >= 15 is 0 Å². The van der Waals surface area contributed by atoms with Gasteiger partial charge in [0.15, 0.2) is 0 Å². The Hall–Kier alpha value is -2.65. The highest BCUT2D eigenvalue weighted by molar-refractivity contribution is 7.14. The summed E-state index contributed by atoms with van der Waals surface area (Å²) in [6.07, 6.45) is 2.10. The van der Waals surface area contributed by atoms with E-state index in [9.17, 15) is 0 Å². The smallest absolute Gasteiger partial charge is 0.101 e. The SMILES string of the molecule is Cc1cc(C)c(-c2cc(-c3nn(C)cc3-c3ccccc3)cs2)c(C)c1. The van der Waals surface area contributed by atoms with E-state index in [1.54, 1.807) is 11.3 Å². The molecule has 0 unspecified atom stereocenters. The predicted molar refractivity (Wildman–Crippen MR) is 112 cm³/mol. The van der Waals surface area contributed by atoms with E-state index in [0.717, 1.165) is 5.69 Å². The van der Waals surface area contributed by atoms with Gasteiger partial charge in [-0.05, 0) is 49.1 Å². The Morgan fingerprint density at radius 2 is 1.58 bits per heavy atom. The van der Waals surface area contributed by atoms with E-state index < -0.39 is 0 Å². The normalized spacial score (nSPS) is 11.1. The van der Waals surface area contributed by atoms with Crippen molar-refractivity contribution >= 4 is 11.3 Å². The van der Waals surface area contributed by atoms with Crippen molar-refractivity contribution in [1.82, 2.24) is 9.78 Å². The van der Waals surface area contributed by atoms with Crippen LogP contribution in [0.4, 0.5) is 0 Å². The number of nitrogens with zero attached hydrogens (tertiary/aromatic N) is 2. The molecular weight excluding hydrogens is 336 g/mol. The third kappa shape index (κ3) is 2.99. The van der Waals surface area contributed by atoms with Gasteiger partial charge in [0.2, 0.25) is 0 Å². The van der Waals surface area contributed by atoms with Crippen LogP contribution in [0.1, 0.15) is 16.7 Å². The molecule has 2 aromatic heterocycles. The number of aromatic nitrogens is 2. The fourth-order valence-corrected chi connectivity index (χ4v) is 4.76. The van der Waals surface area contributed by atoms with Gasteiger partial charge < -0.3 is 0 Å². The van der Waals surface area contributed by atoms with Crippen molar-refractivity contribution < 1.29 is 0 Å². The monoisotopic (exact) mass is 358 g/mol. The minimum absolute atomic E-state index is 1.05. The zero-order valence-corrected chi connectivity index (χ0v) is 16.4. The average Bonchev–Trinajstić information content (AvgIpc) is 3.21. The van der Waals surface area contributed by atoms with Crippen LogP contribution >= 0.6 is 11.3 Å². The minimum Gasteiger partial charge on any atom is -0.275 e. The van der Waals surface area contributed by atoms with Crippen LogP contribution in [-0.4, -0.2) is 9.78 Å². The van der Waals surface area contributed by atoms with Crippen molar-refractivity contribution in [2.75, 3.05) is 0 Å². The van der Waals surface area contributed by atoms with Crippen molar-refractivity contribution in [3.8, 4) is 32.8 Å². The summed E-state index contributed by atoms with van der Waals surface area (Å²) < 4.78 is 1.90. The summed E-state index contributed by atoms with van der Waals surface area (Å²) in [7, 11) is 1.98. The third-order valence-electron chi connectivity index (χ3n) is 4.71. The third-order valence-corrected chi connectivity index (χ3v) is 5.66. The quantitative estimate of drug-likeness (QED) is 0.414. The molecule has 0 saturated heterocycles. The average molecular weight is 359 g/mol. The minimum atomic E-state index is 1.05. The largest absolute Gasteiger partial charge is 0.275 e. The number of benzene rings is 2. The first kappa shape index (κ1) is 16.8. The molecule has 0 aliphatic rings. The first-order valence-corrected chi connectivity index (χ1v) is 9.67. The van der Waals surface area contributed by atoms with Gasteiger partial charge >= 0.3 is 0 Å². The predicted octanol–water partition coefficient (Wildman–Crippen LogP) is 6.41. The van der Waals surface area contributed by atoms with Crippen LogP contribution in [0.15, 0.2) is 60.1 Å². The molecule has 4 rings (SSSR count). The van der Waals surface area contributed by atoms with Crippen LogP contribution in [0.5, 0.6) is 0 Å². The highest BCUT2D eigenvalue weighted by atomic mass is 32.1. The van der Waals surface area contributed by atoms with Crippen LogP contribution in [0.2, 0.25) is 0 Å². The summed E-state index contributed by atoms with van der Waals surface area (Å²) in [6.45, 7) is 6.56. The molecule has 0 N–H and O–H groups in total. The van der Waals surface area contributed by atoms with Crippen LogP contribution in [0.3, 0.4) is 0 Å². The Balaban J connectivity index is 1.81. The number of rotatable bonds is 3. The molecule has 2 nitrogen and oxygen atoms in total. The zero-order valence-electron chi connectivity index (χ0n) is 15.6. The second-order valence-electron chi connectivity index (χ2n) is 6.90. The van der Waals surface area contributed by atoms with Gasteiger partial charge in [-0.1, -0.05) is 48.0 Å². The molecule has 0 bridgehead atoms. The van der Waals surface area contributed by atoms with Gasteiger partial charge in [-0.25, -0.2) is 0 Å². The maximum absolute atomic E-state index is 4.75. The van der Waals surface area contributed by atoms with E-state index in [0.29, 0.717) is 0 Å². The fraction of sp³-hybridized carbons (Fsp3) is 0.174. The molecule has 0 atom stereocenters. The second-order valence-corrected chi connectivity index (χ2v) is 7.82. The second kappa shape index (κ2) is 6.58. The molecule has 0 spiro atoms. The molecule has 0 fully saturated rings. The topological polar surface area (TPSA) is 17.8 Å². The van der Waals surface area contributed by atoms with Gasteiger partial charge in [0.25, 0.3) is 0 Å². The highest BCUT2D eigenvalue weighted by Gasteiger charge is 2.16. The number of thiophene rings is 1. The lowest BCUT2D eigenvalue weighted by Gasteiger charge is -2.09. The van der Waals surface area contributed by atoms with E-state index in [-0.39, 0.29) is 0 Å². The van der Waals surface area contributed by atoms with E-state index in [1.807, 2.05) is 17.8 Å². The maximum Gasteiger partial charge on any atom is 0.101 e. The first-order valence-electron chi connectivity index (χ1n) is 8.79. The molecule has 0 amide bonds. The van der Waals surface area contributed by atoms with Crippen molar-refractivity contribution in [1.29, 1.82) is 0 Å². The van der Waals surface area contributed by atoms with Crippen LogP contribution < -0.4 is 0 Å². The molecule has 0 aliphatic carbocycles. The summed E-state index contributed by atoms with van der Waals surface area (Å²) in [4.78, 5) is 1.31. The van der Waals surface area contributed by atoms with Gasteiger partial charge in [0.1, 0.15) is 5.69 Å². The summed E-state index contributed by atoms with van der Waals surface area (Å²) in [6, 6.07) is 17.3. The van der Waals surface area contributed by atoms with Crippen molar-refractivity contribution in [3.05, 3.63) is 76.8 Å². The summed E-state index contributed by atoms with van der Waals surface area (Å²) in [5.74, 6) is 0. The van der Waals surface area contributed by atoms with E-state index in [1.165, 1.54) is 43.8 Å². The molecule has 0 saturated carbocycles. The fourth-order valence-electron chi connectivity index (χ4n) is 3.69. The van der Waals surface area contributed by atoms with Gasteiger partial charge in [0.05, 0.1) is 0 Å². The maximum atomic E-state index is 4.75. The molecule has 2 heterocycles. The lowest BCUT2D eigenvalue weighted by Crippen LogP contribution is -1.88. The van der Waals surface area contributed by atoms with Crippen LogP contribution in [-0.2, 0) is 7.05 Å². The van der Waals surface area contributed by atoms with Crippen molar-refractivity contribution in [3.63, 3.8) is 0 Å². The molecule has 0 radical (unpaired) electrons. The Morgan fingerprint density at radius 3 is 2.27 bits per heavy atom. The highest BCUT2D eigenvalue weighted by Crippen LogP contribution is 2.39. The molecule has 130 valence electrons. The van der Waals surface area contributed by atoms with E-state index in [2.05, 4.69) is 74.8 Å². The molecule has 3 heteroatoms. The molecule has 0 aliphatic heterocycles. The van der Waals surface area contributed by atoms with Gasteiger partial charge in [0, 0.05) is 34.6 Å². The lowest BCUT2D eigenvalue weighted by atomic mass is 9.97. The van der Waals surface area contributed by atoms with Gasteiger partial charge in [-0.15, -0.1) is 11.3 Å². The number of aryl methyl sites for hydroxylation is 4. The van der Waals surface area contributed by atoms with Crippen molar-refractivity contribution in [2.24, 2.45) is 7.05 Å². The molecule has 26 heavy (non-hydrogen) atoms.